The lowest BCUT2D eigenvalue weighted by molar-refractivity contribution is -0.115. The highest BCUT2D eigenvalue weighted by molar-refractivity contribution is 6.30. The highest BCUT2D eigenvalue weighted by atomic mass is 35.5. The molecule has 0 radical (unpaired) electrons. The maximum Gasteiger partial charge on any atom is 0.238 e. The average molecular weight is 333 g/mol. The summed E-state index contributed by atoms with van der Waals surface area (Å²) >= 11 is 5.87. The Bertz CT molecular complexity index is 626. The lowest BCUT2D eigenvalue weighted by Crippen LogP contribution is -2.30. The molecule has 2 N–H and O–H groups in total. The number of carbonyl (C=O) groups is 1. The number of carbonyl (C=O) groups excluding carboxylic acids is 1. The molecule has 0 aliphatic rings. The third-order valence-corrected chi connectivity index (χ3v) is 3.64. The van der Waals surface area contributed by atoms with Gasteiger partial charge in [-0.25, -0.2) is 0 Å². The first kappa shape index (κ1) is 17.3. The molecule has 1 atom stereocenters. The van der Waals surface area contributed by atoms with Gasteiger partial charge in [0.15, 0.2) is 0 Å². The van der Waals surface area contributed by atoms with Gasteiger partial charge in [0.2, 0.25) is 5.91 Å². The minimum absolute atomic E-state index is 0.0679. The molecule has 0 aliphatic carbocycles. The first-order chi connectivity index (χ1) is 11.1. The molecule has 5 heteroatoms. The van der Waals surface area contributed by atoms with Gasteiger partial charge < -0.3 is 15.4 Å². The second-order valence-electron chi connectivity index (χ2n) is 5.16. The maximum atomic E-state index is 12.0. The number of amides is 1. The largest absolute Gasteiger partial charge is 0.494 e. The summed E-state index contributed by atoms with van der Waals surface area (Å²) in [6, 6.07) is 15.0. The zero-order valence-corrected chi connectivity index (χ0v) is 14.1. The fraction of sp³-hybridized carbons (Fsp3) is 0.278. The van der Waals surface area contributed by atoms with Crippen LogP contribution in [0.3, 0.4) is 0 Å². The van der Waals surface area contributed by atoms with Crippen LogP contribution in [0.1, 0.15) is 25.5 Å². The van der Waals surface area contributed by atoms with Gasteiger partial charge in [0.05, 0.1) is 13.2 Å². The Morgan fingerprint density at radius 1 is 1.13 bits per heavy atom. The van der Waals surface area contributed by atoms with E-state index in [9.17, 15) is 4.79 Å². The van der Waals surface area contributed by atoms with Crippen LogP contribution in [0, 0.1) is 0 Å². The van der Waals surface area contributed by atoms with Crippen molar-refractivity contribution in [1.29, 1.82) is 0 Å². The summed E-state index contributed by atoms with van der Waals surface area (Å²) in [4.78, 5) is 12.0. The van der Waals surface area contributed by atoms with Crippen LogP contribution in [0.25, 0.3) is 0 Å². The quantitative estimate of drug-likeness (QED) is 0.805. The smallest absolute Gasteiger partial charge is 0.238 e. The van der Waals surface area contributed by atoms with Gasteiger partial charge in [0, 0.05) is 16.8 Å². The second-order valence-corrected chi connectivity index (χ2v) is 5.60. The standard InChI is InChI=1S/C18H21ClN2O2/c1-3-23-17-10-8-16(9-11-17)21-18(22)12-20-13(2)14-4-6-15(19)7-5-14/h4-11,13,20H,3,12H2,1-2H3,(H,21,22)/t13-/m1/s1. The number of ether oxygens (including phenoxy) is 1. The van der Waals surface area contributed by atoms with Gasteiger partial charge in [0.25, 0.3) is 0 Å². The van der Waals surface area contributed by atoms with Crippen LogP contribution in [0.5, 0.6) is 5.75 Å². The molecule has 122 valence electrons. The van der Waals surface area contributed by atoms with Gasteiger partial charge >= 0.3 is 0 Å². The first-order valence-corrected chi connectivity index (χ1v) is 7.98. The lowest BCUT2D eigenvalue weighted by atomic mass is 10.1. The fourth-order valence-electron chi connectivity index (χ4n) is 2.12. The van der Waals surface area contributed by atoms with Gasteiger partial charge in [-0.2, -0.15) is 0 Å². The third-order valence-electron chi connectivity index (χ3n) is 3.39. The average Bonchev–Trinajstić information content (AvgIpc) is 2.55. The van der Waals surface area contributed by atoms with E-state index in [0.717, 1.165) is 17.0 Å². The number of hydrogen-bond donors (Lipinski definition) is 2. The summed E-state index contributed by atoms with van der Waals surface area (Å²) in [6.07, 6.45) is 0. The molecule has 23 heavy (non-hydrogen) atoms. The fourth-order valence-corrected chi connectivity index (χ4v) is 2.25. The topological polar surface area (TPSA) is 50.4 Å². The van der Waals surface area contributed by atoms with Crippen LogP contribution in [-0.2, 0) is 4.79 Å². The minimum atomic E-state index is -0.0880. The van der Waals surface area contributed by atoms with Crippen molar-refractivity contribution in [3.63, 3.8) is 0 Å². The molecular formula is C18H21ClN2O2. The Morgan fingerprint density at radius 2 is 1.78 bits per heavy atom. The molecule has 4 nitrogen and oxygen atoms in total. The van der Waals surface area contributed by atoms with E-state index in [4.69, 9.17) is 16.3 Å². The van der Waals surface area contributed by atoms with E-state index in [1.807, 2.05) is 62.4 Å². The predicted molar refractivity (Wildman–Crippen MR) is 94.1 cm³/mol. The van der Waals surface area contributed by atoms with Crippen molar-refractivity contribution in [3.8, 4) is 5.75 Å². The SMILES string of the molecule is CCOc1ccc(NC(=O)CN[C@H](C)c2ccc(Cl)cc2)cc1. The van der Waals surface area contributed by atoms with Gasteiger partial charge in [0.1, 0.15) is 5.75 Å². The maximum absolute atomic E-state index is 12.0. The molecule has 2 rings (SSSR count). The minimum Gasteiger partial charge on any atom is -0.494 e. The number of hydrogen-bond acceptors (Lipinski definition) is 3. The van der Waals surface area contributed by atoms with Crippen LogP contribution in [0.2, 0.25) is 5.02 Å². The molecule has 0 spiro atoms. The van der Waals surface area contributed by atoms with E-state index in [1.54, 1.807) is 0 Å². The van der Waals surface area contributed by atoms with Gasteiger partial charge in [-0.3, -0.25) is 4.79 Å². The zero-order valence-electron chi connectivity index (χ0n) is 13.3. The Hall–Kier alpha value is -2.04. The van der Waals surface area contributed by atoms with Crippen molar-refractivity contribution < 1.29 is 9.53 Å². The number of nitrogens with one attached hydrogen (secondary N) is 2. The van der Waals surface area contributed by atoms with Crippen LogP contribution in [0.4, 0.5) is 5.69 Å². The predicted octanol–water partition coefficient (Wildman–Crippen LogP) is 4.03. The molecule has 0 fully saturated rings. The van der Waals surface area contributed by atoms with Crippen molar-refractivity contribution >= 4 is 23.2 Å². The number of benzene rings is 2. The molecule has 0 aromatic heterocycles. The number of anilines is 1. The third kappa shape index (κ3) is 5.58. The van der Waals surface area contributed by atoms with Crippen molar-refractivity contribution in [3.05, 3.63) is 59.1 Å². The van der Waals surface area contributed by atoms with Crippen molar-refractivity contribution in [2.24, 2.45) is 0 Å². The van der Waals surface area contributed by atoms with Crippen LogP contribution in [0.15, 0.2) is 48.5 Å². The molecule has 0 saturated carbocycles. The summed E-state index contributed by atoms with van der Waals surface area (Å²) < 4.78 is 5.37. The molecule has 2 aromatic rings. The molecule has 2 aromatic carbocycles. The summed E-state index contributed by atoms with van der Waals surface area (Å²) in [5.41, 5.74) is 1.84. The summed E-state index contributed by atoms with van der Waals surface area (Å²) in [5.74, 6) is 0.704. The molecule has 0 unspecified atom stereocenters. The summed E-state index contributed by atoms with van der Waals surface area (Å²) in [5, 5.41) is 6.74. The Kier molecular flexibility index (Phi) is 6.44. The van der Waals surface area contributed by atoms with E-state index >= 15 is 0 Å². The second kappa shape index (κ2) is 8.56. The molecular weight excluding hydrogens is 312 g/mol. The normalized spacial score (nSPS) is 11.8. The zero-order chi connectivity index (χ0) is 16.7. The Balaban J connectivity index is 1.81. The molecule has 0 saturated heterocycles. The van der Waals surface area contributed by atoms with Crippen LogP contribution in [-0.4, -0.2) is 19.1 Å². The van der Waals surface area contributed by atoms with E-state index in [0.29, 0.717) is 11.6 Å². The van der Waals surface area contributed by atoms with Gasteiger partial charge in [-0.05, 0) is 55.8 Å². The van der Waals surface area contributed by atoms with E-state index < -0.39 is 0 Å². The van der Waals surface area contributed by atoms with Crippen LogP contribution < -0.4 is 15.4 Å². The first-order valence-electron chi connectivity index (χ1n) is 7.60. The molecule has 0 aliphatic heterocycles. The Labute approximate surface area is 141 Å². The number of halogens is 1. The van der Waals surface area contributed by atoms with Crippen LogP contribution >= 0.6 is 11.6 Å². The lowest BCUT2D eigenvalue weighted by Gasteiger charge is -2.14. The summed E-state index contributed by atoms with van der Waals surface area (Å²) in [6.45, 7) is 4.80. The van der Waals surface area contributed by atoms with Crippen molar-refractivity contribution in [2.45, 2.75) is 19.9 Å². The highest BCUT2D eigenvalue weighted by Gasteiger charge is 2.08. The molecule has 1 amide bonds. The van der Waals surface area contributed by atoms with Gasteiger partial charge in [-0.15, -0.1) is 0 Å². The Morgan fingerprint density at radius 3 is 2.39 bits per heavy atom. The molecule has 0 heterocycles. The highest BCUT2D eigenvalue weighted by Crippen LogP contribution is 2.17. The number of rotatable bonds is 7. The van der Waals surface area contributed by atoms with E-state index in [1.165, 1.54) is 0 Å². The van der Waals surface area contributed by atoms with Crippen molar-refractivity contribution in [1.82, 2.24) is 5.32 Å². The molecule has 0 bridgehead atoms. The van der Waals surface area contributed by atoms with Crippen molar-refractivity contribution in [2.75, 3.05) is 18.5 Å². The van der Waals surface area contributed by atoms with E-state index in [-0.39, 0.29) is 18.5 Å². The van der Waals surface area contributed by atoms with Gasteiger partial charge in [-0.1, -0.05) is 23.7 Å². The summed E-state index contributed by atoms with van der Waals surface area (Å²) in [7, 11) is 0. The monoisotopic (exact) mass is 332 g/mol. The van der Waals surface area contributed by atoms with E-state index in [2.05, 4.69) is 10.6 Å².